The third kappa shape index (κ3) is 5.33. The van der Waals surface area contributed by atoms with Crippen LogP contribution in [-0.2, 0) is 0 Å². The Kier molecular flexibility index (Phi) is 6.45. The summed E-state index contributed by atoms with van der Waals surface area (Å²) < 4.78 is 0. The van der Waals surface area contributed by atoms with Crippen molar-refractivity contribution < 1.29 is 5.11 Å². The molecule has 7 heteroatoms. The van der Waals surface area contributed by atoms with Crippen LogP contribution in [0.15, 0.2) is 26.1 Å². The van der Waals surface area contributed by atoms with E-state index in [-0.39, 0.29) is 5.03 Å². The van der Waals surface area contributed by atoms with Gasteiger partial charge in [-0.1, -0.05) is 37.9 Å². The second kappa shape index (κ2) is 7.88. The van der Waals surface area contributed by atoms with E-state index >= 15 is 0 Å². The SMILES string of the molecule is CCCCCC(O)C=CSc1n[nH]c(=O)[nH]c1=O. The lowest BCUT2D eigenvalue weighted by Gasteiger charge is -2.03. The highest BCUT2D eigenvalue weighted by atomic mass is 32.2. The predicted molar refractivity (Wildman–Crippen MR) is 70.6 cm³/mol. The zero-order valence-corrected chi connectivity index (χ0v) is 11.0. The fourth-order valence-electron chi connectivity index (χ4n) is 1.31. The van der Waals surface area contributed by atoms with Crippen molar-refractivity contribution in [3.05, 3.63) is 32.3 Å². The van der Waals surface area contributed by atoms with E-state index in [4.69, 9.17) is 0 Å². The molecule has 0 aliphatic heterocycles. The molecule has 0 aliphatic rings. The van der Waals surface area contributed by atoms with E-state index in [1.807, 2.05) is 0 Å². The van der Waals surface area contributed by atoms with E-state index < -0.39 is 17.4 Å². The summed E-state index contributed by atoms with van der Waals surface area (Å²) >= 11 is 1.06. The van der Waals surface area contributed by atoms with Crippen molar-refractivity contribution in [2.75, 3.05) is 0 Å². The fraction of sp³-hybridized carbons (Fsp3) is 0.545. The van der Waals surface area contributed by atoms with Gasteiger partial charge in [-0.15, -0.1) is 0 Å². The number of hydrogen-bond donors (Lipinski definition) is 3. The number of unbranched alkanes of at least 4 members (excludes halogenated alkanes) is 2. The van der Waals surface area contributed by atoms with E-state index in [0.717, 1.165) is 31.0 Å². The summed E-state index contributed by atoms with van der Waals surface area (Å²) in [4.78, 5) is 24.1. The van der Waals surface area contributed by atoms with Crippen molar-refractivity contribution in [1.29, 1.82) is 0 Å². The molecule has 6 nitrogen and oxygen atoms in total. The molecule has 18 heavy (non-hydrogen) atoms. The number of aromatic nitrogens is 3. The van der Waals surface area contributed by atoms with Crippen molar-refractivity contribution >= 4 is 11.8 Å². The molecule has 0 saturated carbocycles. The highest BCUT2D eigenvalue weighted by Gasteiger charge is 2.02. The minimum absolute atomic E-state index is 0.145. The molecule has 0 bridgehead atoms. The van der Waals surface area contributed by atoms with Crippen LogP contribution < -0.4 is 11.2 Å². The summed E-state index contributed by atoms with van der Waals surface area (Å²) in [5.74, 6) is 0. The van der Waals surface area contributed by atoms with E-state index in [0.29, 0.717) is 6.42 Å². The minimum atomic E-state index is -0.632. The third-order valence-electron chi connectivity index (χ3n) is 2.26. The van der Waals surface area contributed by atoms with Gasteiger partial charge < -0.3 is 5.11 Å². The molecule has 0 radical (unpaired) electrons. The predicted octanol–water partition coefficient (Wildman–Crippen LogP) is 1.01. The van der Waals surface area contributed by atoms with Gasteiger partial charge in [-0.05, 0) is 17.9 Å². The summed E-state index contributed by atoms with van der Waals surface area (Å²) in [5.41, 5.74) is -1.16. The number of aliphatic hydroxyl groups is 1. The zero-order valence-electron chi connectivity index (χ0n) is 10.2. The molecule has 0 saturated heterocycles. The summed E-state index contributed by atoms with van der Waals surface area (Å²) in [6.45, 7) is 2.10. The lowest BCUT2D eigenvalue weighted by molar-refractivity contribution is 0.208. The molecule has 100 valence electrons. The first-order valence-electron chi connectivity index (χ1n) is 5.84. The Hall–Kier alpha value is -1.34. The van der Waals surface area contributed by atoms with Crippen LogP contribution >= 0.6 is 11.8 Å². The van der Waals surface area contributed by atoms with Gasteiger partial charge in [0.15, 0.2) is 5.03 Å². The van der Waals surface area contributed by atoms with E-state index in [2.05, 4.69) is 22.1 Å². The van der Waals surface area contributed by atoms with Crippen LogP contribution in [0.25, 0.3) is 0 Å². The standard InChI is InChI=1S/C11H17N3O3S/c1-2-3-4-5-8(15)6-7-18-10-9(16)12-11(17)14-13-10/h6-8,15H,2-5H2,1H3,(H2,12,14,16,17). The molecule has 1 aromatic rings. The number of thioether (sulfide) groups is 1. The van der Waals surface area contributed by atoms with E-state index in [9.17, 15) is 14.7 Å². The Morgan fingerprint density at radius 2 is 2.22 bits per heavy atom. The lowest BCUT2D eigenvalue weighted by Crippen LogP contribution is -2.24. The molecule has 1 heterocycles. The lowest BCUT2D eigenvalue weighted by atomic mass is 10.1. The maximum absolute atomic E-state index is 11.3. The van der Waals surface area contributed by atoms with Crippen LogP contribution in [0.3, 0.4) is 0 Å². The van der Waals surface area contributed by atoms with Crippen molar-refractivity contribution in [2.45, 2.75) is 43.7 Å². The maximum Gasteiger partial charge on any atom is 0.342 e. The topological polar surface area (TPSA) is 98.8 Å². The Morgan fingerprint density at radius 1 is 1.44 bits per heavy atom. The number of nitrogens with one attached hydrogen (secondary N) is 2. The summed E-state index contributed by atoms with van der Waals surface area (Å²) in [6.07, 6.45) is 5.00. The van der Waals surface area contributed by atoms with Crippen LogP contribution in [-0.4, -0.2) is 26.4 Å². The van der Waals surface area contributed by atoms with E-state index in [1.54, 1.807) is 11.5 Å². The molecule has 1 rings (SSSR count). The van der Waals surface area contributed by atoms with Gasteiger partial charge in [0.25, 0.3) is 5.56 Å². The molecule has 0 spiro atoms. The second-order valence-corrected chi connectivity index (χ2v) is 4.72. The molecule has 0 aliphatic carbocycles. The maximum atomic E-state index is 11.3. The Morgan fingerprint density at radius 3 is 2.89 bits per heavy atom. The van der Waals surface area contributed by atoms with Crippen LogP contribution in [0.5, 0.6) is 0 Å². The molecule has 0 amide bonds. The average Bonchev–Trinajstić information content (AvgIpc) is 2.32. The molecule has 1 unspecified atom stereocenters. The molecule has 0 aromatic carbocycles. The van der Waals surface area contributed by atoms with Crippen LogP contribution in [0.4, 0.5) is 0 Å². The van der Waals surface area contributed by atoms with Crippen molar-refractivity contribution in [1.82, 2.24) is 15.2 Å². The van der Waals surface area contributed by atoms with Gasteiger partial charge in [-0.25, -0.2) is 9.89 Å². The highest BCUT2D eigenvalue weighted by Crippen LogP contribution is 2.12. The summed E-state index contributed by atoms with van der Waals surface area (Å²) in [5, 5.41) is 17.1. The first kappa shape index (κ1) is 14.7. The second-order valence-electron chi connectivity index (χ2n) is 3.82. The first-order valence-corrected chi connectivity index (χ1v) is 6.72. The van der Waals surface area contributed by atoms with Crippen LogP contribution in [0.1, 0.15) is 32.6 Å². The molecule has 0 fully saturated rings. The Balaban J connectivity index is 2.44. The first-order chi connectivity index (χ1) is 8.63. The number of aliphatic hydroxyl groups excluding tert-OH is 1. The number of nitrogens with zero attached hydrogens (tertiary/aromatic N) is 1. The van der Waals surface area contributed by atoms with Crippen LogP contribution in [0, 0.1) is 0 Å². The van der Waals surface area contributed by atoms with E-state index in [1.165, 1.54) is 0 Å². The summed E-state index contributed by atoms with van der Waals surface area (Å²) in [7, 11) is 0. The van der Waals surface area contributed by atoms with Gasteiger partial charge in [0.1, 0.15) is 0 Å². The molecule has 1 aromatic heterocycles. The van der Waals surface area contributed by atoms with Crippen molar-refractivity contribution in [3.8, 4) is 0 Å². The normalized spacial score (nSPS) is 13.0. The van der Waals surface area contributed by atoms with Gasteiger partial charge >= 0.3 is 5.69 Å². The van der Waals surface area contributed by atoms with Crippen molar-refractivity contribution in [2.24, 2.45) is 0 Å². The van der Waals surface area contributed by atoms with Gasteiger partial charge in [-0.2, -0.15) is 5.10 Å². The molecular formula is C11H17N3O3S. The number of aromatic amines is 2. The van der Waals surface area contributed by atoms with Gasteiger partial charge in [0.2, 0.25) is 0 Å². The molecule has 3 N–H and O–H groups in total. The Bertz CT molecular complexity index is 495. The quantitative estimate of drug-likeness (QED) is 0.507. The molecule has 1 atom stereocenters. The number of H-pyrrole nitrogens is 2. The minimum Gasteiger partial charge on any atom is -0.389 e. The van der Waals surface area contributed by atoms with Gasteiger partial charge in [0.05, 0.1) is 6.10 Å². The Labute approximate surface area is 109 Å². The highest BCUT2D eigenvalue weighted by molar-refractivity contribution is 8.02. The largest absolute Gasteiger partial charge is 0.389 e. The van der Waals surface area contributed by atoms with Gasteiger partial charge in [-0.3, -0.25) is 9.78 Å². The van der Waals surface area contributed by atoms with Gasteiger partial charge in [0, 0.05) is 0 Å². The third-order valence-corrected chi connectivity index (χ3v) is 3.06. The smallest absolute Gasteiger partial charge is 0.342 e. The number of hydrogen-bond acceptors (Lipinski definition) is 5. The fourth-order valence-corrected chi connectivity index (χ4v) is 1.96. The average molecular weight is 271 g/mol. The zero-order chi connectivity index (χ0) is 13.4. The number of rotatable bonds is 7. The molecular weight excluding hydrogens is 254 g/mol. The summed E-state index contributed by atoms with van der Waals surface area (Å²) in [6, 6.07) is 0. The van der Waals surface area contributed by atoms with Crippen LogP contribution in [0.2, 0.25) is 0 Å². The van der Waals surface area contributed by atoms with Crippen molar-refractivity contribution in [3.63, 3.8) is 0 Å². The monoisotopic (exact) mass is 271 g/mol.